The van der Waals surface area contributed by atoms with Crippen molar-refractivity contribution in [3.8, 4) is 0 Å². The van der Waals surface area contributed by atoms with E-state index in [1.807, 2.05) is 38.1 Å². The van der Waals surface area contributed by atoms with E-state index < -0.39 is 0 Å². The van der Waals surface area contributed by atoms with Gasteiger partial charge < -0.3 is 9.88 Å². The molecule has 122 valence electrons. The Morgan fingerprint density at radius 3 is 2.50 bits per heavy atom. The highest BCUT2D eigenvalue weighted by atomic mass is 79.9. The number of aromatic nitrogens is 1. The monoisotopic (exact) mass is 384 g/mol. The molecule has 1 amide bonds. The summed E-state index contributed by atoms with van der Waals surface area (Å²) in [5.41, 5.74) is 3.66. The summed E-state index contributed by atoms with van der Waals surface area (Å²) in [5.74, 6) is -0.134. The molecule has 0 spiro atoms. The molecule has 0 atom stereocenters. The van der Waals surface area contributed by atoms with Gasteiger partial charge in [-0.3, -0.25) is 9.59 Å². The molecule has 24 heavy (non-hydrogen) atoms. The lowest BCUT2D eigenvalue weighted by atomic mass is 10.1. The Kier molecular flexibility index (Phi) is 4.53. The molecule has 0 aliphatic heterocycles. The van der Waals surface area contributed by atoms with Crippen LogP contribution in [0.25, 0.3) is 10.9 Å². The zero-order valence-corrected chi connectivity index (χ0v) is 15.1. The molecule has 0 radical (unpaired) electrons. The fourth-order valence-electron chi connectivity index (χ4n) is 2.82. The molecule has 1 aromatic heterocycles. The first kappa shape index (κ1) is 16.5. The Labute approximate surface area is 148 Å². The lowest BCUT2D eigenvalue weighted by Gasteiger charge is -2.12. The number of benzene rings is 2. The van der Waals surface area contributed by atoms with Crippen molar-refractivity contribution in [3.63, 3.8) is 0 Å². The number of pyridine rings is 1. The van der Waals surface area contributed by atoms with E-state index in [0.717, 1.165) is 26.8 Å². The van der Waals surface area contributed by atoms with Crippen LogP contribution < -0.4 is 10.7 Å². The van der Waals surface area contributed by atoms with Gasteiger partial charge in [0.05, 0.1) is 5.52 Å². The summed E-state index contributed by atoms with van der Waals surface area (Å²) in [6.07, 6.45) is 1.65. The minimum atomic E-state index is -0.134. The van der Waals surface area contributed by atoms with E-state index >= 15 is 0 Å². The molecule has 3 rings (SSSR count). The largest absolute Gasteiger partial charge is 0.338 e. The van der Waals surface area contributed by atoms with Crippen molar-refractivity contribution in [3.05, 3.63) is 74.5 Å². The first-order valence-electron chi connectivity index (χ1n) is 7.59. The fourth-order valence-corrected chi connectivity index (χ4v) is 3.17. The maximum Gasteiger partial charge on any atom is 0.244 e. The van der Waals surface area contributed by atoms with Crippen molar-refractivity contribution >= 4 is 38.4 Å². The highest BCUT2D eigenvalue weighted by Crippen LogP contribution is 2.18. The van der Waals surface area contributed by atoms with Crippen molar-refractivity contribution in [2.75, 3.05) is 5.32 Å². The van der Waals surface area contributed by atoms with Crippen LogP contribution in [0.2, 0.25) is 0 Å². The molecule has 0 unspecified atom stereocenters. The van der Waals surface area contributed by atoms with Crippen LogP contribution >= 0.6 is 15.9 Å². The number of hydrogen-bond acceptors (Lipinski definition) is 2. The van der Waals surface area contributed by atoms with Crippen LogP contribution in [0.15, 0.2) is 57.9 Å². The molecule has 0 saturated heterocycles. The van der Waals surface area contributed by atoms with Crippen LogP contribution in [-0.4, -0.2) is 10.5 Å². The average molecular weight is 385 g/mol. The van der Waals surface area contributed by atoms with Gasteiger partial charge in [-0.05, 0) is 55.3 Å². The fraction of sp³-hybridized carbons (Fsp3) is 0.158. The van der Waals surface area contributed by atoms with Crippen molar-refractivity contribution in [2.24, 2.45) is 0 Å². The van der Waals surface area contributed by atoms with E-state index in [0.29, 0.717) is 5.39 Å². The highest BCUT2D eigenvalue weighted by Gasteiger charge is 2.08. The van der Waals surface area contributed by atoms with Gasteiger partial charge in [0.15, 0.2) is 5.43 Å². The van der Waals surface area contributed by atoms with E-state index in [9.17, 15) is 9.59 Å². The van der Waals surface area contributed by atoms with Gasteiger partial charge in [-0.2, -0.15) is 0 Å². The van der Waals surface area contributed by atoms with Crippen LogP contribution in [0.3, 0.4) is 0 Å². The number of halogens is 1. The molecule has 3 aromatic rings. The van der Waals surface area contributed by atoms with E-state index in [4.69, 9.17) is 0 Å². The standard InChI is InChI=1S/C19H17BrN2O2/c1-12-7-13(2)9-15(8-12)21-19(24)11-22-6-5-18(23)16-4-3-14(20)10-17(16)22/h3-10H,11H2,1-2H3,(H,21,24). The van der Waals surface area contributed by atoms with Gasteiger partial charge in [0.1, 0.15) is 6.54 Å². The number of nitrogens with one attached hydrogen (secondary N) is 1. The van der Waals surface area contributed by atoms with Crippen molar-refractivity contribution in [2.45, 2.75) is 20.4 Å². The number of hydrogen-bond donors (Lipinski definition) is 1. The number of aryl methyl sites for hydroxylation is 2. The highest BCUT2D eigenvalue weighted by molar-refractivity contribution is 9.10. The van der Waals surface area contributed by atoms with E-state index in [1.165, 1.54) is 6.07 Å². The van der Waals surface area contributed by atoms with Crippen LogP contribution in [0.1, 0.15) is 11.1 Å². The third kappa shape index (κ3) is 3.57. The zero-order valence-electron chi connectivity index (χ0n) is 13.5. The lowest BCUT2D eigenvalue weighted by molar-refractivity contribution is -0.116. The zero-order chi connectivity index (χ0) is 17.3. The van der Waals surface area contributed by atoms with Gasteiger partial charge >= 0.3 is 0 Å². The van der Waals surface area contributed by atoms with E-state index in [1.54, 1.807) is 16.8 Å². The van der Waals surface area contributed by atoms with E-state index in [2.05, 4.69) is 27.3 Å². The van der Waals surface area contributed by atoms with Crippen LogP contribution in [0.4, 0.5) is 5.69 Å². The van der Waals surface area contributed by atoms with Crippen LogP contribution in [0.5, 0.6) is 0 Å². The smallest absolute Gasteiger partial charge is 0.244 e. The van der Waals surface area contributed by atoms with Gasteiger partial charge in [0.25, 0.3) is 0 Å². The molecule has 2 aromatic carbocycles. The predicted molar refractivity (Wildman–Crippen MR) is 100 cm³/mol. The third-order valence-corrected chi connectivity index (χ3v) is 4.25. The maximum atomic E-state index is 12.4. The van der Waals surface area contributed by atoms with Crippen molar-refractivity contribution < 1.29 is 4.79 Å². The normalized spacial score (nSPS) is 10.8. The SMILES string of the molecule is Cc1cc(C)cc(NC(=O)Cn2ccc(=O)c3ccc(Br)cc32)c1. The molecule has 5 heteroatoms. The molecule has 0 aliphatic carbocycles. The average Bonchev–Trinajstić information content (AvgIpc) is 2.49. The van der Waals surface area contributed by atoms with Gasteiger partial charge in [-0.15, -0.1) is 0 Å². The van der Waals surface area contributed by atoms with Crippen LogP contribution in [0, 0.1) is 13.8 Å². The lowest BCUT2D eigenvalue weighted by Crippen LogP contribution is -2.20. The Morgan fingerprint density at radius 1 is 1.08 bits per heavy atom. The Hall–Kier alpha value is -2.40. The second-order valence-electron chi connectivity index (χ2n) is 5.89. The topological polar surface area (TPSA) is 51.1 Å². The summed E-state index contributed by atoms with van der Waals surface area (Å²) >= 11 is 3.41. The summed E-state index contributed by atoms with van der Waals surface area (Å²) in [6.45, 7) is 4.13. The predicted octanol–water partition coefficient (Wildman–Crippen LogP) is 4.02. The Bertz CT molecular complexity index is 972. The summed E-state index contributed by atoms with van der Waals surface area (Å²) in [6, 6.07) is 12.9. The first-order chi connectivity index (χ1) is 11.4. The molecule has 0 bridgehead atoms. The first-order valence-corrected chi connectivity index (χ1v) is 8.38. The summed E-state index contributed by atoms with van der Waals surface area (Å²) < 4.78 is 2.64. The molecular formula is C19H17BrN2O2. The molecule has 1 heterocycles. The van der Waals surface area contributed by atoms with Crippen LogP contribution in [-0.2, 0) is 11.3 Å². The number of nitrogens with zero attached hydrogens (tertiary/aromatic N) is 1. The van der Waals surface area contributed by atoms with Gasteiger partial charge in [-0.1, -0.05) is 22.0 Å². The number of rotatable bonds is 3. The van der Waals surface area contributed by atoms with Gasteiger partial charge in [0.2, 0.25) is 5.91 Å². The molecule has 0 saturated carbocycles. The molecule has 0 aliphatic rings. The second-order valence-corrected chi connectivity index (χ2v) is 6.81. The molecular weight excluding hydrogens is 368 g/mol. The van der Waals surface area contributed by atoms with Gasteiger partial charge in [0, 0.05) is 27.8 Å². The second kappa shape index (κ2) is 6.61. The van der Waals surface area contributed by atoms with Gasteiger partial charge in [-0.25, -0.2) is 0 Å². The maximum absolute atomic E-state index is 12.4. The molecule has 0 fully saturated rings. The minimum absolute atomic E-state index is 0.0523. The quantitative estimate of drug-likeness (QED) is 0.741. The number of anilines is 1. The van der Waals surface area contributed by atoms with Crippen molar-refractivity contribution in [1.29, 1.82) is 0 Å². The van der Waals surface area contributed by atoms with E-state index in [-0.39, 0.29) is 17.9 Å². The summed E-state index contributed by atoms with van der Waals surface area (Å²) in [7, 11) is 0. The minimum Gasteiger partial charge on any atom is -0.338 e. The Morgan fingerprint density at radius 2 is 1.79 bits per heavy atom. The number of amides is 1. The number of fused-ring (bicyclic) bond motifs is 1. The number of carbonyl (C=O) groups is 1. The Balaban J connectivity index is 1.89. The summed E-state index contributed by atoms with van der Waals surface area (Å²) in [4.78, 5) is 24.4. The molecule has 4 nitrogen and oxygen atoms in total. The number of carbonyl (C=O) groups excluding carboxylic acids is 1. The summed E-state index contributed by atoms with van der Waals surface area (Å²) in [5, 5.41) is 3.51. The third-order valence-electron chi connectivity index (χ3n) is 3.76. The van der Waals surface area contributed by atoms with Crippen molar-refractivity contribution in [1.82, 2.24) is 4.57 Å². The molecule has 1 N–H and O–H groups in total.